The van der Waals surface area contributed by atoms with Gasteiger partial charge in [0.15, 0.2) is 0 Å². The maximum absolute atomic E-state index is 5.95. The lowest BCUT2D eigenvalue weighted by molar-refractivity contribution is 0.449. The molecule has 1 aliphatic carbocycles. The summed E-state index contributed by atoms with van der Waals surface area (Å²) in [7, 11) is 0. The molecule has 130 valence electrons. The predicted octanol–water partition coefficient (Wildman–Crippen LogP) is 3.35. The first-order valence-corrected chi connectivity index (χ1v) is 8.98. The van der Waals surface area contributed by atoms with Gasteiger partial charge >= 0.3 is 0 Å². The van der Waals surface area contributed by atoms with Crippen LogP contribution in [0.2, 0.25) is 0 Å². The summed E-state index contributed by atoms with van der Waals surface area (Å²) in [5.74, 6) is 1.93. The maximum atomic E-state index is 5.95. The van der Waals surface area contributed by atoms with Crippen LogP contribution in [-0.4, -0.2) is 19.5 Å². The van der Waals surface area contributed by atoms with E-state index in [0.29, 0.717) is 17.7 Å². The van der Waals surface area contributed by atoms with Gasteiger partial charge in [0, 0.05) is 18.4 Å². The highest BCUT2D eigenvalue weighted by atomic mass is 15.1. The van der Waals surface area contributed by atoms with Crippen LogP contribution < -0.4 is 11.5 Å². The number of nitrogens with two attached hydrogens (primary N) is 2. The van der Waals surface area contributed by atoms with Crippen LogP contribution in [0.1, 0.15) is 43.7 Å². The SMILES string of the molecule is Nc1ccc(CCCC2CCC(n3ccc4c(N)ncnc43)C2)cn1. The standard InChI is InChI=1S/C19H24N6/c20-17-7-5-14(11-22-17)3-1-2-13-4-6-15(10-13)25-9-8-16-18(21)23-12-24-19(16)25/h5,7-9,11-13,15H,1-4,6,10H2,(H2,20,22)(H2,21,23,24). The van der Waals surface area contributed by atoms with Crippen LogP contribution in [0.5, 0.6) is 0 Å². The second kappa shape index (κ2) is 6.70. The summed E-state index contributed by atoms with van der Waals surface area (Å²) < 4.78 is 2.29. The minimum atomic E-state index is 0.523. The molecule has 0 spiro atoms. The quantitative estimate of drug-likeness (QED) is 0.745. The van der Waals surface area contributed by atoms with Gasteiger partial charge in [-0.15, -0.1) is 0 Å². The zero-order valence-electron chi connectivity index (χ0n) is 14.3. The second-order valence-electron chi connectivity index (χ2n) is 7.04. The lowest BCUT2D eigenvalue weighted by Crippen LogP contribution is -2.06. The molecule has 3 aromatic heterocycles. The van der Waals surface area contributed by atoms with E-state index in [-0.39, 0.29) is 0 Å². The normalized spacial score (nSPS) is 20.3. The van der Waals surface area contributed by atoms with E-state index in [1.54, 1.807) is 6.33 Å². The summed E-state index contributed by atoms with van der Waals surface area (Å²) in [6, 6.07) is 6.52. The molecule has 2 atom stereocenters. The van der Waals surface area contributed by atoms with Gasteiger partial charge in [-0.1, -0.05) is 12.5 Å². The number of anilines is 2. The Morgan fingerprint density at radius 1 is 1.08 bits per heavy atom. The van der Waals surface area contributed by atoms with Crippen molar-refractivity contribution in [1.29, 1.82) is 0 Å². The Balaban J connectivity index is 1.35. The molecular formula is C19H24N6. The first kappa shape index (κ1) is 15.9. The Kier molecular flexibility index (Phi) is 4.26. The molecule has 0 radical (unpaired) electrons. The molecule has 0 aromatic carbocycles. The van der Waals surface area contributed by atoms with Crippen LogP contribution in [-0.2, 0) is 6.42 Å². The molecule has 3 heterocycles. The van der Waals surface area contributed by atoms with E-state index in [4.69, 9.17) is 11.5 Å². The largest absolute Gasteiger partial charge is 0.384 e. The van der Waals surface area contributed by atoms with Crippen molar-refractivity contribution in [2.45, 2.75) is 44.6 Å². The number of hydrogen-bond acceptors (Lipinski definition) is 5. The number of aryl methyl sites for hydroxylation is 1. The smallest absolute Gasteiger partial charge is 0.145 e. The van der Waals surface area contributed by atoms with Crippen LogP contribution in [0, 0.1) is 5.92 Å². The molecule has 0 aliphatic heterocycles. The van der Waals surface area contributed by atoms with Crippen molar-refractivity contribution in [2.24, 2.45) is 5.92 Å². The molecule has 4 N–H and O–H groups in total. The summed E-state index contributed by atoms with van der Waals surface area (Å²) in [5.41, 5.74) is 13.8. The molecule has 0 saturated heterocycles. The zero-order valence-corrected chi connectivity index (χ0v) is 14.3. The van der Waals surface area contributed by atoms with Gasteiger partial charge in [-0.25, -0.2) is 15.0 Å². The van der Waals surface area contributed by atoms with Crippen molar-refractivity contribution in [1.82, 2.24) is 19.5 Å². The Morgan fingerprint density at radius 2 is 2.00 bits per heavy atom. The Morgan fingerprint density at radius 3 is 2.84 bits per heavy atom. The van der Waals surface area contributed by atoms with E-state index in [1.807, 2.05) is 18.3 Å². The third-order valence-corrected chi connectivity index (χ3v) is 5.37. The van der Waals surface area contributed by atoms with Crippen LogP contribution in [0.15, 0.2) is 36.9 Å². The molecule has 1 saturated carbocycles. The first-order chi connectivity index (χ1) is 12.2. The fourth-order valence-corrected chi connectivity index (χ4v) is 4.03. The molecule has 0 amide bonds. The minimum Gasteiger partial charge on any atom is -0.384 e. The van der Waals surface area contributed by atoms with Gasteiger partial charge in [-0.2, -0.15) is 0 Å². The first-order valence-electron chi connectivity index (χ1n) is 8.98. The highest BCUT2D eigenvalue weighted by molar-refractivity contribution is 5.86. The van der Waals surface area contributed by atoms with Crippen molar-refractivity contribution in [3.8, 4) is 0 Å². The zero-order chi connectivity index (χ0) is 17.2. The fourth-order valence-electron chi connectivity index (χ4n) is 4.03. The van der Waals surface area contributed by atoms with E-state index in [0.717, 1.165) is 23.4 Å². The molecule has 4 rings (SSSR count). The number of aromatic nitrogens is 4. The molecule has 2 unspecified atom stereocenters. The van der Waals surface area contributed by atoms with E-state index in [1.165, 1.54) is 37.7 Å². The average Bonchev–Trinajstić information content (AvgIpc) is 3.24. The summed E-state index contributed by atoms with van der Waals surface area (Å²) in [6.07, 6.45) is 12.8. The Hall–Kier alpha value is -2.63. The molecule has 25 heavy (non-hydrogen) atoms. The highest BCUT2D eigenvalue weighted by Crippen LogP contribution is 2.39. The summed E-state index contributed by atoms with van der Waals surface area (Å²) >= 11 is 0. The Labute approximate surface area is 147 Å². The molecule has 0 bridgehead atoms. The third kappa shape index (κ3) is 3.29. The minimum absolute atomic E-state index is 0.523. The lowest BCUT2D eigenvalue weighted by Gasteiger charge is -2.14. The number of fused-ring (bicyclic) bond motifs is 1. The van der Waals surface area contributed by atoms with Crippen molar-refractivity contribution >= 4 is 22.7 Å². The van der Waals surface area contributed by atoms with Crippen molar-refractivity contribution < 1.29 is 0 Å². The number of nitrogens with zero attached hydrogens (tertiary/aromatic N) is 4. The third-order valence-electron chi connectivity index (χ3n) is 5.37. The van der Waals surface area contributed by atoms with Crippen LogP contribution in [0.25, 0.3) is 11.0 Å². The number of rotatable bonds is 5. The molecule has 3 aromatic rings. The number of pyridine rings is 1. The monoisotopic (exact) mass is 336 g/mol. The Bertz CT molecular complexity index is 854. The van der Waals surface area contributed by atoms with Gasteiger partial charge in [0.25, 0.3) is 0 Å². The van der Waals surface area contributed by atoms with E-state index in [9.17, 15) is 0 Å². The molecule has 1 aliphatic rings. The molecule has 1 fully saturated rings. The lowest BCUT2D eigenvalue weighted by atomic mass is 9.98. The van der Waals surface area contributed by atoms with Gasteiger partial charge in [0.05, 0.1) is 5.39 Å². The summed E-state index contributed by atoms with van der Waals surface area (Å²) in [4.78, 5) is 12.7. The number of nitrogen functional groups attached to an aromatic ring is 2. The topological polar surface area (TPSA) is 95.6 Å². The van der Waals surface area contributed by atoms with Crippen LogP contribution in [0.3, 0.4) is 0 Å². The average molecular weight is 336 g/mol. The summed E-state index contributed by atoms with van der Waals surface area (Å²) in [5, 5.41) is 0.960. The number of hydrogen-bond donors (Lipinski definition) is 2. The van der Waals surface area contributed by atoms with Crippen molar-refractivity contribution in [3.05, 3.63) is 42.5 Å². The van der Waals surface area contributed by atoms with Gasteiger partial charge in [0.2, 0.25) is 0 Å². The van der Waals surface area contributed by atoms with Gasteiger partial charge in [-0.05, 0) is 55.7 Å². The van der Waals surface area contributed by atoms with Crippen molar-refractivity contribution in [2.75, 3.05) is 11.5 Å². The maximum Gasteiger partial charge on any atom is 0.145 e. The predicted molar refractivity (Wildman–Crippen MR) is 99.9 cm³/mol. The van der Waals surface area contributed by atoms with E-state index >= 15 is 0 Å². The van der Waals surface area contributed by atoms with Gasteiger partial charge in [-0.3, -0.25) is 0 Å². The van der Waals surface area contributed by atoms with Crippen LogP contribution in [0.4, 0.5) is 11.6 Å². The summed E-state index contributed by atoms with van der Waals surface area (Å²) in [6.45, 7) is 0. The second-order valence-corrected chi connectivity index (χ2v) is 7.04. The van der Waals surface area contributed by atoms with Crippen molar-refractivity contribution in [3.63, 3.8) is 0 Å². The fraction of sp³-hybridized carbons (Fsp3) is 0.421. The molecule has 6 heteroatoms. The van der Waals surface area contributed by atoms with E-state index < -0.39 is 0 Å². The van der Waals surface area contributed by atoms with E-state index in [2.05, 4.69) is 31.8 Å². The van der Waals surface area contributed by atoms with Crippen LogP contribution >= 0.6 is 0 Å². The molecular weight excluding hydrogens is 312 g/mol. The van der Waals surface area contributed by atoms with Gasteiger partial charge in [0.1, 0.15) is 23.6 Å². The highest BCUT2D eigenvalue weighted by Gasteiger charge is 2.26. The molecule has 6 nitrogen and oxygen atoms in total. The van der Waals surface area contributed by atoms with Gasteiger partial charge < -0.3 is 16.0 Å².